The number of carbonyl (C=O) groups excluding carboxylic acids is 1. The first-order chi connectivity index (χ1) is 12.5. The summed E-state index contributed by atoms with van der Waals surface area (Å²) in [4.78, 5) is 27.3. The Kier molecular flexibility index (Phi) is 5.63. The smallest absolute Gasteiger partial charge is 0.269 e. The molecule has 0 spiro atoms. The largest absolute Gasteiger partial charge is 0.340 e. The predicted octanol–water partition coefficient (Wildman–Crippen LogP) is 3.04. The molecule has 26 heavy (non-hydrogen) atoms. The number of benzene rings is 2. The minimum Gasteiger partial charge on any atom is -0.340 e. The molecular weight excluding hydrogens is 330 g/mol. The molecule has 2 aromatic rings. The Labute approximate surface area is 153 Å². The number of rotatable bonds is 5. The first-order valence-corrected chi connectivity index (χ1v) is 8.84. The lowest BCUT2D eigenvalue weighted by Gasteiger charge is -2.36. The van der Waals surface area contributed by atoms with Gasteiger partial charge < -0.3 is 4.90 Å². The molecule has 0 aliphatic carbocycles. The lowest BCUT2D eigenvalue weighted by atomic mass is 9.99. The van der Waals surface area contributed by atoms with Gasteiger partial charge in [-0.05, 0) is 18.1 Å². The van der Waals surface area contributed by atoms with Crippen LogP contribution in [0.25, 0.3) is 0 Å². The molecule has 0 bridgehead atoms. The summed E-state index contributed by atoms with van der Waals surface area (Å²) in [6.45, 7) is 5.90. The van der Waals surface area contributed by atoms with E-state index in [2.05, 4.69) is 17.0 Å². The lowest BCUT2D eigenvalue weighted by molar-refractivity contribution is -0.384. The second-order valence-corrected chi connectivity index (χ2v) is 6.66. The second-order valence-electron chi connectivity index (χ2n) is 6.66. The van der Waals surface area contributed by atoms with E-state index in [-0.39, 0.29) is 17.5 Å². The molecule has 0 unspecified atom stereocenters. The number of hydrogen-bond donors (Lipinski definition) is 0. The minimum absolute atomic E-state index is 0.0444. The summed E-state index contributed by atoms with van der Waals surface area (Å²) in [6, 6.07) is 16.6. The number of nitro groups is 1. The molecule has 1 atom stereocenters. The van der Waals surface area contributed by atoms with Crippen molar-refractivity contribution in [1.29, 1.82) is 0 Å². The second kappa shape index (κ2) is 8.10. The van der Waals surface area contributed by atoms with E-state index < -0.39 is 4.92 Å². The van der Waals surface area contributed by atoms with Crippen LogP contribution in [-0.4, -0.2) is 46.8 Å². The highest BCUT2D eigenvalue weighted by Crippen LogP contribution is 2.22. The summed E-state index contributed by atoms with van der Waals surface area (Å²) >= 11 is 0. The van der Waals surface area contributed by atoms with Crippen LogP contribution in [0.5, 0.6) is 0 Å². The Hall–Kier alpha value is -2.73. The van der Waals surface area contributed by atoms with Gasteiger partial charge in [0.15, 0.2) is 0 Å². The van der Waals surface area contributed by atoms with E-state index in [1.54, 1.807) is 12.1 Å². The van der Waals surface area contributed by atoms with Crippen LogP contribution in [0.1, 0.15) is 24.0 Å². The van der Waals surface area contributed by atoms with Crippen molar-refractivity contribution < 1.29 is 9.72 Å². The minimum atomic E-state index is -0.428. The Morgan fingerprint density at radius 2 is 1.65 bits per heavy atom. The lowest BCUT2D eigenvalue weighted by Crippen LogP contribution is -2.49. The zero-order valence-corrected chi connectivity index (χ0v) is 14.9. The van der Waals surface area contributed by atoms with Crippen LogP contribution < -0.4 is 0 Å². The molecule has 1 aliphatic rings. The van der Waals surface area contributed by atoms with Crippen molar-refractivity contribution in [2.45, 2.75) is 19.4 Å². The fraction of sp³-hybridized carbons (Fsp3) is 0.350. The average Bonchev–Trinajstić information content (AvgIpc) is 2.68. The topological polar surface area (TPSA) is 66.7 Å². The van der Waals surface area contributed by atoms with Gasteiger partial charge in [-0.2, -0.15) is 0 Å². The number of nitro benzene ring substituents is 1. The zero-order chi connectivity index (χ0) is 18.5. The molecule has 6 nitrogen and oxygen atoms in total. The summed E-state index contributed by atoms with van der Waals surface area (Å²) in [6.07, 6.45) is 0. The zero-order valence-electron chi connectivity index (χ0n) is 14.9. The van der Waals surface area contributed by atoms with E-state index >= 15 is 0 Å². The molecule has 0 saturated carbocycles. The molecule has 1 saturated heterocycles. The molecule has 6 heteroatoms. The number of carbonyl (C=O) groups is 1. The van der Waals surface area contributed by atoms with Crippen molar-refractivity contribution in [3.05, 3.63) is 75.8 Å². The number of amides is 1. The summed E-state index contributed by atoms with van der Waals surface area (Å²) in [5, 5.41) is 10.8. The molecule has 1 heterocycles. The maximum atomic E-state index is 12.8. The van der Waals surface area contributed by atoms with Crippen LogP contribution in [0, 0.1) is 10.1 Å². The van der Waals surface area contributed by atoms with Crippen molar-refractivity contribution in [2.75, 3.05) is 26.2 Å². The van der Waals surface area contributed by atoms with Crippen molar-refractivity contribution in [3.8, 4) is 0 Å². The molecule has 1 aliphatic heterocycles. The van der Waals surface area contributed by atoms with Gasteiger partial charge >= 0.3 is 0 Å². The monoisotopic (exact) mass is 353 g/mol. The van der Waals surface area contributed by atoms with Crippen molar-refractivity contribution in [1.82, 2.24) is 9.80 Å². The van der Waals surface area contributed by atoms with Gasteiger partial charge in [0.05, 0.1) is 10.8 Å². The maximum absolute atomic E-state index is 12.8. The Balaban J connectivity index is 1.55. The number of piperazine rings is 1. The van der Waals surface area contributed by atoms with Gasteiger partial charge in [-0.25, -0.2) is 0 Å². The summed E-state index contributed by atoms with van der Waals surface area (Å²) in [5.74, 6) is -0.213. The van der Waals surface area contributed by atoms with E-state index in [0.29, 0.717) is 13.1 Å². The third-order valence-electron chi connectivity index (χ3n) is 4.91. The normalized spacial score (nSPS) is 16.3. The summed E-state index contributed by atoms with van der Waals surface area (Å²) in [5.41, 5.74) is 2.14. The van der Waals surface area contributed by atoms with E-state index in [9.17, 15) is 14.9 Å². The standard InChI is InChI=1S/C20H23N3O3/c1-16(18-7-9-19(10-8-18)23(25)26)20(24)22-13-11-21(12-14-22)15-17-5-3-2-4-6-17/h2-10,16H,11-15H2,1H3/t16-/m0/s1. The molecule has 0 aromatic heterocycles. The first kappa shape index (κ1) is 18.1. The molecule has 2 aromatic carbocycles. The third kappa shape index (κ3) is 4.26. The highest BCUT2D eigenvalue weighted by atomic mass is 16.6. The van der Waals surface area contributed by atoms with Gasteiger partial charge in [0.2, 0.25) is 5.91 Å². The van der Waals surface area contributed by atoms with Gasteiger partial charge in [0.1, 0.15) is 0 Å². The molecular formula is C20H23N3O3. The van der Waals surface area contributed by atoms with Crippen molar-refractivity contribution in [2.24, 2.45) is 0 Å². The Morgan fingerprint density at radius 3 is 2.23 bits per heavy atom. The average molecular weight is 353 g/mol. The van der Waals surface area contributed by atoms with Gasteiger partial charge in [0.25, 0.3) is 5.69 Å². The van der Waals surface area contributed by atoms with E-state index in [0.717, 1.165) is 25.2 Å². The van der Waals surface area contributed by atoms with E-state index in [4.69, 9.17) is 0 Å². The highest BCUT2D eigenvalue weighted by molar-refractivity contribution is 5.83. The van der Waals surface area contributed by atoms with Gasteiger partial charge in [-0.1, -0.05) is 42.5 Å². The fourth-order valence-electron chi connectivity index (χ4n) is 3.27. The van der Waals surface area contributed by atoms with Crippen LogP contribution in [0.3, 0.4) is 0 Å². The van der Waals surface area contributed by atoms with Crippen molar-refractivity contribution >= 4 is 11.6 Å². The van der Waals surface area contributed by atoms with Gasteiger partial charge in [0, 0.05) is 44.9 Å². The van der Waals surface area contributed by atoms with Crippen LogP contribution >= 0.6 is 0 Å². The molecule has 0 radical (unpaired) electrons. The van der Waals surface area contributed by atoms with Gasteiger partial charge in [-0.3, -0.25) is 19.8 Å². The third-order valence-corrected chi connectivity index (χ3v) is 4.91. The Bertz CT molecular complexity index is 754. The van der Waals surface area contributed by atoms with Crippen molar-refractivity contribution in [3.63, 3.8) is 0 Å². The number of hydrogen-bond acceptors (Lipinski definition) is 4. The number of nitrogens with zero attached hydrogens (tertiary/aromatic N) is 3. The first-order valence-electron chi connectivity index (χ1n) is 8.84. The van der Waals surface area contributed by atoms with E-state index in [1.165, 1.54) is 17.7 Å². The highest BCUT2D eigenvalue weighted by Gasteiger charge is 2.26. The van der Waals surface area contributed by atoms with Crippen LogP contribution in [-0.2, 0) is 11.3 Å². The maximum Gasteiger partial charge on any atom is 0.269 e. The molecule has 3 rings (SSSR count). The SMILES string of the molecule is C[C@H](C(=O)N1CCN(Cc2ccccc2)CC1)c1ccc([N+](=O)[O-])cc1. The summed E-state index contributed by atoms with van der Waals surface area (Å²) in [7, 11) is 0. The summed E-state index contributed by atoms with van der Waals surface area (Å²) < 4.78 is 0. The van der Waals surface area contributed by atoms with E-state index in [1.807, 2.05) is 30.0 Å². The number of non-ortho nitro benzene ring substituents is 1. The van der Waals surface area contributed by atoms with Crippen LogP contribution in [0.2, 0.25) is 0 Å². The van der Waals surface area contributed by atoms with Crippen LogP contribution in [0.15, 0.2) is 54.6 Å². The molecule has 0 N–H and O–H groups in total. The predicted molar refractivity (Wildman–Crippen MR) is 99.8 cm³/mol. The van der Waals surface area contributed by atoms with Gasteiger partial charge in [-0.15, -0.1) is 0 Å². The molecule has 1 fully saturated rings. The van der Waals surface area contributed by atoms with Crippen LogP contribution in [0.4, 0.5) is 5.69 Å². The molecule has 1 amide bonds. The quantitative estimate of drug-likeness (QED) is 0.612. The fourth-order valence-corrected chi connectivity index (χ4v) is 3.27. The molecule has 136 valence electrons. The Morgan fingerprint density at radius 1 is 1.04 bits per heavy atom.